The summed E-state index contributed by atoms with van der Waals surface area (Å²) in [4.78, 5) is 11.3. The van der Waals surface area contributed by atoms with Crippen LogP contribution >= 0.6 is 0 Å². The van der Waals surface area contributed by atoms with Crippen LogP contribution in [0.5, 0.6) is 5.75 Å². The van der Waals surface area contributed by atoms with Crippen molar-refractivity contribution >= 4 is 11.8 Å². The van der Waals surface area contributed by atoms with Crippen molar-refractivity contribution in [1.29, 1.82) is 0 Å². The minimum Gasteiger partial charge on any atom is -0.410 e. The Morgan fingerprint density at radius 3 is 2.67 bits per heavy atom. The number of anilines is 1. The van der Waals surface area contributed by atoms with Gasteiger partial charge in [0.15, 0.2) is 0 Å². The van der Waals surface area contributed by atoms with Gasteiger partial charge in [-0.25, -0.2) is 4.79 Å². The highest BCUT2D eigenvalue weighted by Gasteiger charge is 2.21. The first-order valence-electron chi connectivity index (χ1n) is 5.05. The molecule has 1 saturated carbocycles. The van der Waals surface area contributed by atoms with Crippen LogP contribution in [0.1, 0.15) is 12.8 Å². The number of nitrogens with two attached hydrogens (primary N) is 1. The van der Waals surface area contributed by atoms with Gasteiger partial charge in [0.2, 0.25) is 0 Å². The summed E-state index contributed by atoms with van der Waals surface area (Å²) in [6.45, 7) is 0.716. The molecule has 0 atom stereocenters. The molecule has 0 saturated heterocycles. The molecule has 15 heavy (non-hydrogen) atoms. The molecular formula is C11H14N2O2. The maximum absolute atomic E-state index is 11.3. The van der Waals surface area contributed by atoms with Gasteiger partial charge in [-0.2, -0.15) is 0 Å². The maximum atomic E-state index is 11.3. The van der Waals surface area contributed by atoms with Crippen molar-refractivity contribution in [3.05, 3.63) is 24.3 Å². The fourth-order valence-electron chi connectivity index (χ4n) is 1.23. The monoisotopic (exact) mass is 206 g/mol. The Kier molecular flexibility index (Phi) is 2.76. The number of rotatable bonds is 3. The molecule has 0 bridgehead atoms. The Morgan fingerprint density at radius 2 is 2.07 bits per heavy atom. The molecule has 1 fully saturated rings. The molecule has 0 radical (unpaired) electrons. The zero-order chi connectivity index (χ0) is 10.7. The first kappa shape index (κ1) is 9.83. The molecule has 1 aromatic rings. The Morgan fingerprint density at radius 1 is 1.40 bits per heavy atom. The van der Waals surface area contributed by atoms with E-state index in [1.165, 1.54) is 12.8 Å². The van der Waals surface area contributed by atoms with E-state index in [-0.39, 0.29) is 0 Å². The quantitative estimate of drug-likeness (QED) is 0.741. The van der Waals surface area contributed by atoms with E-state index in [1.54, 1.807) is 24.3 Å². The SMILES string of the molecule is Nc1ccc(OC(=O)NCC2CC2)cc1. The number of ether oxygens (including phenoxy) is 1. The van der Waals surface area contributed by atoms with E-state index in [0.717, 1.165) is 0 Å². The van der Waals surface area contributed by atoms with Gasteiger partial charge in [0.1, 0.15) is 5.75 Å². The van der Waals surface area contributed by atoms with E-state index >= 15 is 0 Å². The summed E-state index contributed by atoms with van der Waals surface area (Å²) in [7, 11) is 0. The van der Waals surface area contributed by atoms with Crippen LogP contribution in [-0.2, 0) is 0 Å². The third-order valence-electron chi connectivity index (χ3n) is 2.32. The van der Waals surface area contributed by atoms with Crippen molar-refractivity contribution < 1.29 is 9.53 Å². The Labute approximate surface area is 88.4 Å². The standard InChI is InChI=1S/C11H14N2O2/c12-9-3-5-10(6-4-9)15-11(14)13-7-8-1-2-8/h3-6,8H,1-2,7,12H2,(H,13,14). The zero-order valence-corrected chi connectivity index (χ0v) is 8.40. The fourth-order valence-corrected chi connectivity index (χ4v) is 1.23. The number of hydrogen-bond donors (Lipinski definition) is 2. The second kappa shape index (κ2) is 4.21. The van der Waals surface area contributed by atoms with Crippen molar-refractivity contribution in [1.82, 2.24) is 5.32 Å². The number of nitrogen functional groups attached to an aromatic ring is 1. The van der Waals surface area contributed by atoms with Gasteiger partial charge < -0.3 is 15.8 Å². The smallest absolute Gasteiger partial charge is 0.410 e. The topological polar surface area (TPSA) is 64.3 Å². The summed E-state index contributed by atoms with van der Waals surface area (Å²) in [6.07, 6.45) is 2.02. The lowest BCUT2D eigenvalue weighted by Gasteiger charge is -2.05. The van der Waals surface area contributed by atoms with Gasteiger partial charge in [-0.1, -0.05) is 0 Å². The summed E-state index contributed by atoms with van der Waals surface area (Å²) < 4.78 is 5.04. The van der Waals surface area contributed by atoms with Crippen LogP contribution in [0.15, 0.2) is 24.3 Å². The Bertz CT molecular complexity index is 344. The minimum absolute atomic E-state index is 0.397. The second-order valence-electron chi connectivity index (χ2n) is 3.78. The lowest BCUT2D eigenvalue weighted by Crippen LogP contribution is -2.28. The molecule has 0 unspecified atom stereocenters. The molecule has 4 heteroatoms. The highest BCUT2D eigenvalue weighted by atomic mass is 16.6. The summed E-state index contributed by atoms with van der Waals surface area (Å²) in [5.74, 6) is 1.17. The van der Waals surface area contributed by atoms with Crippen LogP contribution in [0.4, 0.5) is 10.5 Å². The summed E-state index contributed by atoms with van der Waals surface area (Å²) in [5, 5.41) is 2.72. The van der Waals surface area contributed by atoms with E-state index in [4.69, 9.17) is 10.5 Å². The normalized spacial score (nSPS) is 14.7. The Balaban J connectivity index is 1.79. The van der Waals surface area contributed by atoms with E-state index < -0.39 is 6.09 Å². The molecule has 3 N–H and O–H groups in total. The van der Waals surface area contributed by atoms with Gasteiger partial charge >= 0.3 is 6.09 Å². The lowest BCUT2D eigenvalue weighted by molar-refractivity contribution is 0.200. The summed E-state index contributed by atoms with van der Waals surface area (Å²) >= 11 is 0. The van der Waals surface area contributed by atoms with Crippen molar-refractivity contribution in [2.75, 3.05) is 12.3 Å². The number of hydrogen-bond acceptors (Lipinski definition) is 3. The van der Waals surface area contributed by atoms with Crippen LogP contribution in [0.3, 0.4) is 0 Å². The van der Waals surface area contributed by atoms with E-state index in [9.17, 15) is 4.79 Å². The van der Waals surface area contributed by atoms with Gasteiger partial charge in [0.25, 0.3) is 0 Å². The number of carbonyl (C=O) groups is 1. The molecule has 1 aromatic carbocycles. The number of benzene rings is 1. The third-order valence-corrected chi connectivity index (χ3v) is 2.32. The van der Waals surface area contributed by atoms with Gasteiger partial charge in [0.05, 0.1) is 0 Å². The van der Waals surface area contributed by atoms with Crippen molar-refractivity contribution in [3.63, 3.8) is 0 Å². The van der Waals surface area contributed by atoms with Gasteiger partial charge in [-0.05, 0) is 43.0 Å². The highest BCUT2D eigenvalue weighted by molar-refractivity contribution is 5.70. The first-order valence-corrected chi connectivity index (χ1v) is 5.05. The molecular weight excluding hydrogens is 192 g/mol. The fraction of sp³-hybridized carbons (Fsp3) is 0.364. The van der Waals surface area contributed by atoms with Gasteiger partial charge in [0, 0.05) is 12.2 Å². The van der Waals surface area contributed by atoms with Crippen molar-refractivity contribution in [3.8, 4) is 5.75 Å². The molecule has 1 amide bonds. The summed E-state index contributed by atoms with van der Waals surface area (Å²) in [6, 6.07) is 6.74. The van der Waals surface area contributed by atoms with Crippen LogP contribution < -0.4 is 15.8 Å². The number of amides is 1. The van der Waals surface area contributed by atoms with E-state index in [0.29, 0.717) is 23.9 Å². The average Bonchev–Trinajstić information content (AvgIpc) is 3.02. The maximum Gasteiger partial charge on any atom is 0.412 e. The first-order chi connectivity index (χ1) is 7.24. The van der Waals surface area contributed by atoms with E-state index in [2.05, 4.69) is 5.32 Å². The van der Waals surface area contributed by atoms with Crippen LogP contribution in [0.25, 0.3) is 0 Å². The van der Waals surface area contributed by atoms with Crippen LogP contribution in [0.2, 0.25) is 0 Å². The molecule has 0 aliphatic heterocycles. The molecule has 0 spiro atoms. The van der Waals surface area contributed by atoms with Crippen LogP contribution in [-0.4, -0.2) is 12.6 Å². The zero-order valence-electron chi connectivity index (χ0n) is 8.40. The van der Waals surface area contributed by atoms with Gasteiger partial charge in [-0.3, -0.25) is 0 Å². The molecule has 4 nitrogen and oxygen atoms in total. The average molecular weight is 206 g/mol. The van der Waals surface area contributed by atoms with Crippen molar-refractivity contribution in [2.24, 2.45) is 5.92 Å². The predicted octanol–water partition coefficient (Wildman–Crippen LogP) is 1.77. The predicted molar refractivity (Wildman–Crippen MR) is 57.6 cm³/mol. The van der Waals surface area contributed by atoms with Crippen LogP contribution in [0, 0.1) is 5.92 Å². The molecule has 80 valence electrons. The summed E-state index contributed by atoms with van der Waals surface area (Å²) in [5.41, 5.74) is 6.16. The number of carbonyl (C=O) groups excluding carboxylic acids is 1. The van der Waals surface area contributed by atoms with Crippen molar-refractivity contribution in [2.45, 2.75) is 12.8 Å². The second-order valence-corrected chi connectivity index (χ2v) is 3.78. The minimum atomic E-state index is -0.397. The highest BCUT2D eigenvalue weighted by Crippen LogP contribution is 2.27. The third kappa shape index (κ3) is 3.16. The molecule has 1 aliphatic carbocycles. The van der Waals surface area contributed by atoms with Gasteiger partial charge in [-0.15, -0.1) is 0 Å². The number of nitrogens with one attached hydrogen (secondary N) is 1. The molecule has 2 rings (SSSR count). The largest absolute Gasteiger partial charge is 0.412 e. The lowest BCUT2D eigenvalue weighted by atomic mass is 10.3. The molecule has 0 aromatic heterocycles. The molecule has 1 aliphatic rings. The van der Waals surface area contributed by atoms with E-state index in [1.807, 2.05) is 0 Å². The Hall–Kier alpha value is -1.71. The molecule has 0 heterocycles.